The van der Waals surface area contributed by atoms with Crippen molar-refractivity contribution in [3.05, 3.63) is 41.0 Å². The number of carbonyl (C=O) groups excluding carboxylic acids is 1. The van der Waals surface area contributed by atoms with E-state index < -0.39 is 15.9 Å². The van der Waals surface area contributed by atoms with Crippen molar-refractivity contribution in [2.24, 2.45) is 0 Å². The largest absolute Gasteiger partial charge is 0.269 e. The van der Waals surface area contributed by atoms with Gasteiger partial charge in [0.15, 0.2) is 0 Å². The summed E-state index contributed by atoms with van der Waals surface area (Å²) in [5.74, 6) is -0.520. The summed E-state index contributed by atoms with van der Waals surface area (Å²) in [4.78, 5) is 12.4. The lowest BCUT2D eigenvalue weighted by molar-refractivity contribution is 0.0878. The number of allylic oxidation sites excluding steroid dienone is 1. The molecule has 2 rings (SSSR count). The SMILES string of the molecule is CCCc1ccc2c(c1)C(=O)N(C/C(C)=C/C#N)S2(=O)=O. The number of hydrogen-bond acceptors (Lipinski definition) is 4. The zero-order valence-corrected chi connectivity index (χ0v) is 12.8. The number of aryl methyl sites for hydroxylation is 1. The molecule has 110 valence electrons. The van der Waals surface area contributed by atoms with Gasteiger partial charge in [0, 0.05) is 6.08 Å². The zero-order valence-electron chi connectivity index (χ0n) is 12.0. The molecule has 6 heteroatoms. The number of amides is 1. The number of fused-ring (bicyclic) bond motifs is 1. The van der Waals surface area contributed by atoms with Crippen LogP contribution in [-0.2, 0) is 16.4 Å². The maximum absolute atomic E-state index is 12.4. The molecule has 0 saturated carbocycles. The number of hydrogen-bond donors (Lipinski definition) is 0. The van der Waals surface area contributed by atoms with Crippen molar-refractivity contribution >= 4 is 15.9 Å². The number of rotatable bonds is 4. The summed E-state index contributed by atoms with van der Waals surface area (Å²) in [7, 11) is -3.81. The van der Waals surface area contributed by atoms with E-state index in [-0.39, 0.29) is 17.0 Å². The standard InChI is InChI=1S/C15H16N2O3S/c1-3-4-12-5-6-14-13(9-12)15(18)17(21(14,19)20)10-11(2)7-8-16/h5-7,9H,3-4,10H2,1-2H3/b11-7+. The summed E-state index contributed by atoms with van der Waals surface area (Å²) in [5.41, 5.74) is 1.70. The summed E-state index contributed by atoms with van der Waals surface area (Å²) in [6.45, 7) is 3.55. The van der Waals surface area contributed by atoms with Crippen LogP contribution in [0.3, 0.4) is 0 Å². The average Bonchev–Trinajstić information content (AvgIpc) is 2.61. The molecule has 0 aliphatic carbocycles. The number of nitrogens with zero attached hydrogens (tertiary/aromatic N) is 2. The van der Waals surface area contributed by atoms with Gasteiger partial charge in [-0.3, -0.25) is 4.79 Å². The molecule has 0 saturated heterocycles. The first-order valence-corrected chi connectivity index (χ1v) is 8.11. The third kappa shape index (κ3) is 2.69. The minimum atomic E-state index is -3.81. The van der Waals surface area contributed by atoms with Gasteiger partial charge in [-0.05, 0) is 36.6 Å². The second-order valence-electron chi connectivity index (χ2n) is 5.02. The highest BCUT2D eigenvalue weighted by Gasteiger charge is 2.41. The van der Waals surface area contributed by atoms with Crippen molar-refractivity contribution in [1.82, 2.24) is 4.31 Å². The van der Waals surface area contributed by atoms with E-state index in [4.69, 9.17) is 5.26 Å². The average molecular weight is 304 g/mol. The van der Waals surface area contributed by atoms with Crippen LogP contribution in [0, 0.1) is 11.3 Å². The van der Waals surface area contributed by atoms with Gasteiger partial charge in [-0.25, -0.2) is 12.7 Å². The lowest BCUT2D eigenvalue weighted by atomic mass is 10.1. The van der Waals surface area contributed by atoms with E-state index >= 15 is 0 Å². The second kappa shape index (κ2) is 5.70. The van der Waals surface area contributed by atoms with E-state index in [1.165, 1.54) is 12.1 Å². The zero-order chi connectivity index (χ0) is 15.6. The number of carbonyl (C=O) groups is 1. The summed E-state index contributed by atoms with van der Waals surface area (Å²) in [6.07, 6.45) is 2.97. The van der Waals surface area contributed by atoms with E-state index in [1.54, 1.807) is 19.1 Å². The molecule has 1 aromatic carbocycles. The van der Waals surface area contributed by atoms with Gasteiger partial charge >= 0.3 is 0 Å². The van der Waals surface area contributed by atoms with Gasteiger partial charge in [-0.1, -0.05) is 19.4 Å². The van der Waals surface area contributed by atoms with Crippen molar-refractivity contribution in [1.29, 1.82) is 5.26 Å². The normalized spacial score (nSPS) is 16.7. The summed E-state index contributed by atoms with van der Waals surface area (Å²) < 4.78 is 25.6. The summed E-state index contributed by atoms with van der Waals surface area (Å²) in [6, 6.07) is 6.73. The van der Waals surface area contributed by atoms with E-state index in [1.807, 2.05) is 13.0 Å². The molecule has 0 radical (unpaired) electrons. The third-order valence-corrected chi connectivity index (χ3v) is 5.10. The Morgan fingerprint density at radius 3 is 2.76 bits per heavy atom. The number of nitriles is 1. The minimum absolute atomic E-state index is 0.0529. The van der Waals surface area contributed by atoms with Gasteiger partial charge in [0.05, 0.1) is 18.2 Å². The van der Waals surface area contributed by atoms with Crippen molar-refractivity contribution in [3.8, 4) is 6.07 Å². The highest BCUT2D eigenvalue weighted by atomic mass is 32.2. The molecule has 0 unspecified atom stereocenters. The molecular formula is C15H16N2O3S. The van der Waals surface area contributed by atoms with Gasteiger partial charge in [0.1, 0.15) is 4.90 Å². The fourth-order valence-corrected chi connectivity index (χ4v) is 3.91. The fourth-order valence-electron chi connectivity index (χ4n) is 2.31. The third-order valence-electron chi connectivity index (χ3n) is 3.31. The van der Waals surface area contributed by atoms with Crippen LogP contribution in [-0.4, -0.2) is 25.2 Å². The first kappa shape index (κ1) is 15.3. The predicted molar refractivity (Wildman–Crippen MR) is 78.0 cm³/mol. The maximum atomic E-state index is 12.4. The smallest absolute Gasteiger partial charge is 0.268 e. The van der Waals surface area contributed by atoms with E-state index in [2.05, 4.69) is 0 Å². The Morgan fingerprint density at radius 1 is 1.43 bits per heavy atom. The molecule has 0 fully saturated rings. The summed E-state index contributed by atoms with van der Waals surface area (Å²) >= 11 is 0. The molecule has 0 bridgehead atoms. The molecule has 1 aromatic rings. The van der Waals surface area contributed by atoms with Gasteiger partial charge in [-0.15, -0.1) is 0 Å². The summed E-state index contributed by atoms with van der Waals surface area (Å²) in [5, 5.41) is 8.60. The molecule has 21 heavy (non-hydrogen) atoms. The molecule has 0 atom stereocenters. The molecule has 5 nitrogen and oxygen atoms in total. The molecule has 1 amide bonds. The monoisotopic (exact) mass is 304 g/mol. The van der Waals surface area contributed by atoms with Gasteiger partial charge < -0.3 is 0 Å². The molecule has 0 spiro atoms. The molecule has 1 heterocycles. The van der Waals surface area contributed by atoms with Crippen LogP contribution in [0.15, 0.2) is 34.7 Å². The van der Waals surface area contributed by atoms with Gasteiger partial charge in [-0.2, -0.15) is 5.26 Å². The van der Waals surface area contributed by atoms with E-state index in [0.29, 0.717) is 5.57 Å². The Bertz CT molecular complexity index is 758. The highest BCUT2D eigenvalue weighted by Crippen LogP contribution is 2.31. The Balaban J connectivity index is 2.44. The quantitative estimate of drug-likeness (QED) is 0.799. The number of benzene rings is 1. The number of sulfonamides is 1. The van der Waals surface area contributed by atoms with Crippen LogP contribution in [0.5, 0.6) is 0 Å². The van der Waals surface area contributed by atoms with Crippen LogP contribution in [0.2, 0.25) is 0 Å². The molecular weight excluding hydrogens is 288 g/mol. The van der Waals surface area contributed by atoms with Crippen LogP contribution in [0.25, 0.3) is 0 Å². The molecule has 0 aromatic heterocycles. The highest BCUT2D eigenvalue weighted by molar-refractivity contribution is 7.90. The Labute approximate surface area is 124 Å². The van der Waals surface area contributed by atoms with Crippen molar-refractivity contribution < 1.29 is 13.2 Å². The second-order valence-corrected chi connectivity index (χ2v) is 6.85. The molecule has 1 aliphatic rings. The van der Waals surface area contributed by atoms with Crippen molar-refractivity contribution in [2.75, 3.05) is 6.54 Å². The van der Waals surface area contributed by atoms with Crippen LogP contribution in [0.4, 0.5) is 0 Å². The van der Waals surface area contributed by atoms with Gasteiger partial charge in [0.25, 0.3) is 15.9 Å². The molecule has 1 aliphatic heterocycles. The van der Waals surface area contributed by atoms with Crippen molar-refractivity contribution in [2.45, 2.75) is 31.6 Å². The van der Waals surface area contributed by atoms with Crippen molar-refractivity contribution in [3.63, 3.8) is 0 Å². The van der Waals surface area contributed by atoms with Crippen LogP contribution >= 0.6 is 0 Å². The maximum Gasteiger partial charge on any atom is 0.269 e. The Hall–Kier alpha value is -2.13. The lowest BCUT2D eigenvalue weighted by Crippen LogP contribution is -2.31. The Kier molecular flexibility index (Phi) is 4.14. The van der Waals surface area contributed by atoms with E-state index in [9.17, 15) is 13.2 Å². The lowest BCUT2D eigenvalue weighted by Gasteiger charge is -2.14. The van der Waals surface area contributed by atoms with Gasteiger partial charge in [0.2, 0.25) is 0 Å². The topological polar surface area (TPSA) is 78.2 Å². The van der Waals surface area contributed by atoms with Crippen LogP contribution in [0.1, 0.15) is 36.2 Å². The minimum Gasteiger partial charge on any atom is -0.268 e. The first-order valence-electron chi connectivity index (χ1n) is 6.67. The predicted octanol–water partition coefficient (Wildman–Crippen LogP) is 2.25. The van der Waals surface area contributed by atoms with Crippen LogP contribution < -0.4 is 0 Å². The Morgan fingerprint density at radius 2 is 2.14 bits per heavy atom. The molecule has 0 N–H and O–H groups in total. The van der Waals surface area contributed by atoms with E-state index in [0.717, 1.165) is 22.7 Å². The fraction of sp³-hybridized carbons (Fsp3) is 0.333. The first-order chi connectivity index (χ1) is 9.91.